The average molecular weight is 311 g/mol. The van der Waals surface area contributed by atoms with E-state index in [0.717, 1.165) is 5.56 Å². The maximum absolute atomic E-state index is 11.9. The molecule has 0 aliphatic rings. The fraction of sp³-hybridized carbons (Fsp3) is 0.143. The van der Waals surface area contributed by atoms with E-state index in [9.17, 15) is 9.90 Å². The zero-order chi connectivity index (χ0) is 14.5. The van der Waals surface area contributed by atoms with Crippen LogP contribution in [0.25, 0.3) is 0 Å². The van der Waals surface area contributed by atoms with Crippen LogP contribution in [0.5, 0.6) is 0 Å². The summed E-state index contributed by atoms with van der Waals surface area (Å²) in [6, 6.07) is 10.5. The van der Waals surface area contributed by atoms with Gasteiger partial charge in [-0.25, -0.2) is 4.98 Å². The molecule has 6 heteroatoms. The number of aliphatic hydroxyl groups is 1. The molecule has 2 rings (SSSR count). The molecule has 0 aliphatic heterocycles. The third kappa shape index (κ3) is 3.70. The second-order valence-electron chi connectivity index (χ2n) is 4.13. The van der Waals surface area contributed by atoms with Gasteiger partial charge in [-0.1, -0.05) is 53.5 Å². The first-order valence-electron chi connectivity index (χ1n) is 5.90. The average Bonchev–Trinajstić information content (AvgIpc) is 2.48. The second-order valence-corrected chi connectivity index (χ2v) is 4.90. The summed E-state index contributed by atoms with van der Waals surface area (Å²) in [5, 5.41) is 12.9. The SMILES string of the molecule is O=C(NCC(O)c1ccccc1)c1cnc(Cl)c(Cl)c1. The molecule has 2 N–H and O–H groups in total. The molecule has 1 aromatic carbocycles. The number of aromatic nitrogens is 1. The van der Waals surface area contributed by atoms with E-state index >= 15 is 0 Å². The number of carbonyl (C=O) groups is 1. The zero-order valence-corrected chi connectivity index (χ0v) is 11.9. The van der Waals surface area contributed by atoms with Crippen molar-refractivity contribution in [2.45, 2.75) is 6.10 Å². The molecule has 0 aliphatic carbocycles. The zero-order valence-electron chi connectivity index (χ0n) is 10.4. The fourth-order valence-corrected chi connectivity index (χ4v) is 1.90. The van der Waals surface area contributed by atoms with Crippen molar-refractivity contribution in [2.24, 2.45) is 0 Å². The number of carbonyl (C=O) groups excluding carboxylic acids is 1. The van der Waals surface area contributed by atoms with Crippen molar-refractivity contribution in [3.63, 3.8) is 0 Å². The number of nitrogens with one attached hydrogen (secondary N) is 1. The lowest BCUT2D eigenvalue weighted by Gasteiger charge is -2.12. The van der Waals surface area contributed by atoms with Gasteiger partial charge in [0, 0.05) is 12.7 Å². The minimum absolute atomic E-state index is 0.100. The fourth-order valence-electron chi connectivity index (χ4n) is 1.63. The maximum atomic E-state index is 11.9. The van der Waals surface area contributed by atoms with Crippen LogP contribution in [0.15, 0.2) is 42.6 Å². The summed E-state index contributed by atoms with van der Waals surface area (Å²) in [6.07, 6.45) is 0.564. The molecule has 4 nitrogen and oxygen atoms in total. The predicted molar refractivity (Wildman–Crippen MR) is 78.0 cm³/mol. The van der Waals surface area contributed by atoms with E-state index in [1.165, 1.54) is 12.3 Å². The molecule has 104 valence electrons. The van der Waals surface area contributed by atoms with E-state index in [1.807, 2.05) is 18.2 Å². The van der Waals surface area contributed by atoms with Crippen molar-refractivity contribution in [3.8, 4) is 0 Å². The summed E-state index contributed by atoms with van der Waals surface area (Å²) >= 11 is 11.5. The molecule has 1 amide bonds. The third-order valence-electron chi connectivity index (χ3n) is 2.70. The summed E-state index contributed by atoms with van der Waals surface area (Å²) in [7, 11) is 0. The number of amides is 1. The van der Waals surface area contributed by atoms with Gasteiger partial charge < -0.3 is 10.4 Å². The standard InChI is InChI=1S/C14H12Cl2N2O2/c15-11-6-10(7-17-13(11)16)14(20)18-8-12(19)9-4-2-1-3-5-9/h1-7,12,19H,8H2,(H,18,20). The number of nitrogens with zero attached hydrogens (tertiary/aromatic N) is 1. The van der Waals surface area contributed by atoms with E-state index in [1.54, 1.807) is 12.1 Å². The lowest BCUT2D eigenvalue weighted by Crippen LogP contribution is -2.28. The monoisotopic (exact) mass is 310 g/mol. The molecule has 1 aromatic heterocycles. The molecule has 1 unspecified atom stereocenters. The summed E-state index contributed by atoms with van der Waals surface area (Å²) in [5.41, 5.74) is 1.03. The van der Waals surface area contributed by atoms with E-state index in [-0.39, 0.29) is 22.6 Å². The number of benzene rings is 1. The van der Waals surface area contributed by atoms with Crippen molar-refractivity contribution < 1.29 is 9.90 Å². The van der Waals surface area contributed by atoms with Crippen molar-refractivity contribution >= 4 is 29.1 Å². The predicted octanol–water partition coefficient (Wildman–Crippen LogP) is 2.85. The van der Waals surface area contributed by atoms with Gasteiger partial charge in [-0.3, -0.25) is 4.79 Å². The third-order valence-corrected chi connectivity index (χ3v) is 3.38. The molecule has 0 saturated heterocycles. The molecule has 0 bridgehead atoms. The normalized spacial score (nSPS) is 11.9. The van der Waals surface area contributed by atoms with E-state index < -0.39 is 6.10 Å². The molecule has 0 saturated carbocycles. The Morgan fingerprint density at radius 3 is 2.65 bits per heavy atom. The Labute approximate surface area is 126 Å². The van der Waals surface area contributed by atoms with E-state index in [2.05, 4.69) is 10.3 Å². The Bertz CT molecular complexity index is 605. The largest absolute Gasteiger partial charge is 0.387 e. The van der Waals surface area contributed by atoms with Crippen LogP contribution in [0.2, 0.25) is 10.2 Å². The Hall–Kier alpha value is -1.62. The van der Waals surface area contributed by atoms with Gasteiger partial charge in [-0.05, 0) is 11.6 Å². The lowest BCUT2D eigenvalue weighted by atomic mass is 10.1. The molecule has 1 heterocycles. The molecule has 0 fully saturated rings. The molecular weight excluding hydrogens is 299 g/mol. The highest BCUT2D eigenvalue weighted by Gasteiger charge is 2.12. The number of halogens is 2. The van der Waals surface area contributed by atoms with Gasteiger partial charge in [0.05, 0.1) is 16.7 Å². The second kappa shape index (κ2) is 6.70. The van der Waals surface area contributed by atoms with Crippen LogP contribution in [0.4, 0.5) is 0 Å². The van der Waals surface area contributed by atoms with Crippen LogP contribution in [0, 0.1) is 0 Å². The topological polar surface area (TPSA) is 62.2 Å². The maximum Gasteiger partial charge on any atom is 0.253 e. The number of rotatable bonds is 4. The lowest BCUT2D eigenvalue weighted by molar-refractivity contribution is 0.0916. The number of aliphatic hydroxyl groups excluding tert-OH is 1. The first-order valence-corrected chi connectivity index (χ1v) is 6.66. The smallest absolute Gasteiger partial charge is 0.253 e. The molecule has 2 aromatic rings. The van der Waals surface area contributed by atoms with Crippen LogP contribution < -0.4 is 5.32 Å². The van der Waals surface area contributed by atoms with E-state index in [0.29, 0.717) is 5.56 Å². The summed E-state index contributed by atoms with van der Waals surface area (Å²) in [4.78, 5) is 15.7. The van der Waals surface area contributed by atoms with Crippen molar-refractivity contribution in [1.82, 2.24) is 10.3 Å². The summed E-state index contributed by atoms with van der Waals surface area (Å²) in [6.45, 7) is 0.100. The Morgan fingerprint density at radius 1 is 1.30 bits per heavy atom. The number of hydrogen-bond acceptors (Lipinski definition) is 3. The van der Waals surface area contributed by atoms with Crippen molar-refractivity contribution in [2.75, 3.05) is 6.54 Å². The van der Waals surface area contributed by atoms with Gasteiger partial charge >= 0.3 is 0 Å². The summed E-state index contributed by atoms with van der Waals surface area (Å²) in [5.74, 6) is -0.369. The van der Waals surface area contributed by atoms with Crippen molar-refractivity contribution in [3.05, 3.63) is 63.9 Å². The van der Waals surface area contributed by atoms with Gasteiger partial charge in [0.1, 0.15) is 5.15 Å². The highest BCUT2D eigenvalue weighted by Crippen LogP contribution is 2.19. The van der Waals surface area contributed by atoms with Gasteiger partial charge in [0.15, 0.2) is 0 Å². The molecule has 1 atom stereocenters. The minimum atomic E-state index is -0.768. The molecule has 0 spiro atoms. The van der Waals surface area contributed by atoms with Crippen LogP contribution in [0.1, 0.15) is 22.0 Å². The first-order chi connectivity index (χ1) is 9.58. The van der Waals surface area contributed by atoms with Crippen molar-refractivity contribution in [1.29, 1.82) is 0 Å². The van der Waals surface area contributed by atoms with Gasteiger partial charge in [-0.2, -0.15) is 0 Å². The summed E-state index contributed by atoms with van der Waals surface area (Å²) < 4.78 is 0. The van der Waals surface area contributed by atoms with Crippen LogP contribution >= 0.6 is 23.2 Å². The van der Waals surface area contributed by atoms with Crippen LogP contribution in [-0.4, -0.2) is 22.5 Å². The Morgan fingerprint density at radius 2 is 2.00 bits per heavy atom. The number of hydrogen-bond donors (Lipinski definition) is 2. The van der Waals surface area contributed by atoms with Crippen LogP contribution in [0.3, 0.4) is 0 Å². The Balaban J connectivity index is 1.97. The molecular formula is C14H12Cl2N2O2. The van der Waals surface area contributed by atoms with Gasteiger partial charge in [-0.15, -0.1) is 0 Å². The Kier molecular flexibility index (Phi) is 4.95. The van der Waals surface area contributed by atoms with Gasteiger partial charge in [0.2, 0.25) is 0 Å². The quantitative estimate of drug-likeness (QED) is 0.854. The minimum Gasteiger partial charge on any atom is -0.387 e. The highest BCUT2D eigenvalue weighted by molar-refractivity contribution is 6.41. The van der Waals surface area contributed by atoms with Crippen LogP contribution in [-0.2, 0) is 0 Å². The molecule has 0 radical (unpaired) electrons. The number of pyridine rings is 1. The molecule has 20 heavy (non-hydrogen) atoms. The first kappa shape index (κ1) is 14.8. The highest BCUT2D eigenvalue weighted by atomic mass is 35.5. The van der Waals surface area contributed by atoms with E-state index in [4.69, 9.17) is 23.2 Å². The van der Waals surface area contributed by atoms with Gasteiger partial charge in [0.25, 0.3) is 5.91 Å².